The highest BCUT2D eigenvalue weighted by Crippen LogP contribution is 2.19. The van der Waals surface area contributed by atoms with E-state index in [9.17, 15) is 22.8 Å². The summed E-state index contributed by atoms with van der Waals surface area (Å²) in [5, 5.41) is 5.37. The van der Waals surface area contributed by atoms with Gasteiger partial charge in [-0.25, -0.2) is 8.42 Å². The van der Waals surface area contributed by atoms with Crippen LogP contribution >= 0.6 is 0 Å². The molecular formula is C20H30N4O6S. The monoisotopic (exact) mass is 454 g/mol. The number of carbonyl (C=O) groups is 3. The van der Waals surface area contributed by atoms with Gasteiger partial charge in [0.15, 0.2) is 0 Å². The zero-order valence-electron chi connectivity index (χ0n) is 17.0. The summed E-state index contributed by atoms with van der Waals surface area (Å²) >= 11 is 0. The number of nitrogens with zero attached hydrogens (tertiary/aromatic N) is 2. The number of carbonyl (C=O) groups excluding carboxylic acids is 3. The summed E-state index contributed by atoms with van der Waals surface area (Å²) in [4.78, 5) is 39.5. The summed E-state index contributed by atoms with van der Waals surface area (Å²) in [7, 11) is -2.02. The van der Waals surface area contributed by atoms with Crippen LogP contribution in [0.4, 0.5) is 0 Å². The second-order valence-corrected chi connectivity index (χ2v) is 9.34. The molecule has 3 amide bonds. The van der Waals surface area contributed by atoms with Gasteiger partial charge < -0.3 is 20.3 Å². The molecule has 10 nitrogen and oxygen atoms in total. The highest BCUT2D eigenvalue weighted by Gasteiger charge is 2.39. The van der Waals surface area contributed by atoms with Crippen LogP contribution in [0.25, 0.3) is 0 Å². The van der Waals surface area contributed by atoms with Crippen molar-refractivity contribution < 1.29 is 27.5 Å². The Hall–Kier alpha value is -2.66. The molecule has 2 fully saturated rings. The van der Waals surface area contributed by atoms with Crippen LogP contribution in [0.1, 0.15) is 30.6 Å². The standard InChI is InChI=1S/C19H26N4O6S.CH4/c1-29-14-7-5-13(6-8-14)19(26)23-11-10-22(30(2,27)28)12-16(23)18(25)21-15-4-3-9-20-17(15)24;/h5-8,15-16H,3-4,9-12H2,1-2H3,(H,20,24)(H,21,25);1H4. The molecule has 2 aliphatic heterocycles. The molecule has 0 spiro atoms. The van der Waals surface area contributed by atoms with Crippen LogP contribution in [0.5, 0.6) is 5.75 Å². The Kier molecular flexibility index (Phi) is 8.02. The van der Waals surface area contributed by atoms with Crippen molar-refractivity contribution in [1.29, 1.82) is 0 Å². The van der Waals surface area contributed by atoms with Crippen molar-refractivity contribution in [2.75, 3.05) is 39.5 Å². The van der Waals surface area contributed by atoms with Crippen molar-refractivity contribution in [3.63, 3.8) is 0 Å². The highest BCUT2D eigenvalue weighted by atomic mass is 32.2. The second-order valence-electron chi connectivity index (χ2n) is 7.36. The Morgan fingerprint density at radius 2 is 1.87 bits per heavy atom. The van der Waals surface area contributed by atoms with Gasteiger partial charge in [0.25, 0.3) is 5.91 Å². The van der Waals surface area contributed by atoms with E-state index < -0.39 is 28.0 Å². The SMILES string of the molecule is C.COc1ccc(C(=O)N2CCN(S(C)(=O)=O)CC2C(=O)NC2CCCNC2=O)cc1. The molecule has 11 heteroatoms. The summed E-state index contributed by atoms with van der Waals surface area (Å²) in [5.41, 5.74) is 0.358. The number of sulfonamides is 1. The molecule has 0 bridgehead atoms. The lowest BCUT2D eigenvalue weighted by Gasteiger charge is -2.40. The molecule has 0 saturated carbocycles. The van der Waals surface area contributed by atoms with Gasteiger partial charge in [0.2, 0.25) is 21.8 Å². The van der Waals surface area contributed by atoms with Crippen molar-refractivity contribution in [3.8, 4) is 5.75 Å². The number of amides is 3. The number of hydrogen-bond acceptors (Lipinski definition) is 6. The molecule has 0 aromatic heterocycles. The van der Waals surface area contributed by atoms with Crippen molar-refractivity contribution in [2.45, 2.75) is 32.4 Å². The Labute approximate surface area is 183 Å². The van der Waals surface area contributed by atoms with Gasteiger partial charge in [-0.2, -0.15) is 4.31 Å². The number of methoxy groups -OCH3 is 1. The van der Waals surface area contributed by atoms with Crippen LogP contribution in [-0.2, 0) is 19.6 Å². The fourth-order valence-electron chi connectivity index (χ4n) is 3.60. The molecule has 2 unspecified atom stereocenters. The smallest absolute Gasteiger partial charge is 0.254 e. The average molecular weight is 455 g/mol. The number of hydrogen-bond donors (Lipinski definition) is 2. The second kappa shape index (κ2) is 10.1. The first kappa shape index (κ1) is 24.6. The van der Waals surface area contributed by atoms with Crippen LogP contribution in [0.3, 0.4) is 0 Å². The third-order valence-corrected chi connectivity index (χ3v) is 6.58. The Morgan fingerprint density at radius 1 is 1.19 bits per heavy atom. The summed E-state index contributed by atoms with van der Waals surface area (Å²) in [5.74, 6) is -0.629. The normalized spacial score (nSPS) is 22.1. The number of benzene rings is 1. The molecule has 31 heavy (non-hydrogen) atoms. The molecule has 0 radical (unpaired) electrons. The van der Waals surface area contributed by atoms with E-state index in [1.165, 1.54) is 16.3 Å². The molecule has 2 aliphatic rings. The van der Waals surface area contributed by atoms with Crippen LogP contribution in [0.2, 0.25) is 0 Å². The van der Waals surface area contributed by atoms with Gasteiger partial charge in [-0.15, -0.1) is 0 Å². The Bertz CT molecular complexity index is 918. The lowest BCUT2D eigenvalue weighted by Crippen LogP contribution is -2.63. The molecular weight excluding hydrogens is 424 g/mol. The van der Waals surface area contributed by atoms with Crippen LogP contribution < -0.4 is 15.4 Å². The van der Waals surface area contributed by atoms with Gasteiger partial charge in [-0.3, -0.25) is 14.4 Å². The first-order chi connectivity index (χ1) is 14.2. The van der Waals surface area contributed by atoms with E-state index in [2.05, 4.69) is 10.6 Å². The Balaban J connectivity index is 0.00000341. The molecule has 2 heterocycles. The molecule has 1 aromatic carbocycles. The first-order valence-electron chi connectivity index (χ1n) is 9.69. The van der Waals surface area contributed by atoms with E-state index in [-0.39, 0.29) is 38.9 Å². The molecule has 3 rings (SSSR count). The van der Waals surface area contributed by atoms with Crippen LogP contribution in [-0.4, -0.2) is 87.0 Å². The van der Waals surface area contributed by atoms with E-state index in [0.29, 0.717) is 24.3 Å². The maximum Gasteiger partial charge on any atom is 0.254 e. The lowest BCUT2D eigenvalue weighted by atomic mass is 10.0. The highest BCUT2D eigenvalue weighted by molar-refractivity contribution is 7.88. The van der Waals surface area contributed by atoms with Crippen molar-refractivity contribution in [1.82, 2.24) is 19.8 Å². The minimum Gasteiger partial charge on any atom is -0.497 e. The van der Waals surface area contributed by atoms with E-state index in [1.807, 2.05) is 0 Å². The number of nitrogens with one attached hydrogen (secondary N) is 2. The molecule has 172 valence electrons. The predicted molar refractivity (Wildman–Crippen MR) is 115 cm³/mol. The summed E-state index contributed by atoms with van der Waals surface area (Å²) in [6.45, 7) is 0.542. The molecule has 0 aliphatic carbocycles. The summed E-state index contributed by atoms with van der Waals surface area (Å²) in [6, 6.07) is 4.72. The van der Waals surface area contributed by atoms with Gasteiger partial charge in [0.1, 0.15) is 17.8 Å². The minimum atomic E-state index is -3.54. The van der Waals surface area contributed by atoms with Crippen molar-refractivity contribution in [2.24, 2.45) is 0 Å². The summed E-state index contributed by atoms with van der Waals surface area (Å²) < 4.78 is 30.3. The van der Waals surface area contributed by atoms with E-state index in [0.717, 1.165) is 12.7 Å². The fourth-order valence-corrected chi connectivity index (χ4v) is 4.43. The molecule has 2 N–H and O–H groups in total. The van der Waals surface area contributed by atoms with E-state index in [4.69, 9.17) is 4.74 Å². The number of ether oxygens (including phenoxy) is 1. The maximum atomic E-state index is 13.1. The van der Waals surface area contributed by atoms with Crippen LogP contribution in [0, 0.1) is 0 Å². The minimum absolute atomic E-state index is 0. The van der Waals surface area contributed by atoms with E-state index >= 15 is 0 Å². The van der Waals surface area contributed by atoms with E-state index in [1.54, 1.807) is 24.3 Å². The van der Waals surface area contributed by atoms with Gasteiger partial charge in [-0.05, 0) is 37.1 Å². The van der Waals surface area contributed by atoms with Crippen molar-refractivity contribution >= 4 is 27.7 Å². The largest absolute Gasteiger partial charge is 0.497 e. The zero-order chi connectivity index (χ0) is 21.9. The maximum absolute atomic E-state index is 13.1. The predicted octanol–water partition coefficient (Wildman–Crippen LogP) is -0.188. The van der Waals surface area contributed by atoms with Gasteiger partial charge in [0, 0.05) is 31.7 Å². The number of piperazine rings is 1. The summed E-state index contributed by atoms with van der Waals surface area (Å²) in [6.07, 6.45) is 2.29. The average Bonchev–Trinajstić information content (AvgIpc) is 2.74. The number of piperidine rings is 1. The molecule has 1 aromatic rings. The van der Waals surface area contributed by atoms with Crippen LogP contribution in [0.15, 0.2) is 24.3 Å². The first-order valence-corrected chi connectivity index (χ1v) is 11.5. The zero-order valence-corrected chi connectivity index (χ0v) is 17.8. The topological polar surface area (TPSA) is 125 Å². The number of rotatable bonds is 5. The Morgan fingerprint density at radius 3 is 2.45 bits per heavy atom. The third-order valence-electron chi connectivity index (χ3n) is 5.31. The molecule has 2 saturated heterocycles. The third kappa shape index (κ3) is 5.73. The van der Waals surface area contributed by atoms with Crippen molar-refractivity contribution in [3.05, 3.63) is 29.8 Å². The quantitative estimate of drug-likeness (QED) is 0.636. The lowest BCUT2D eigenvalue weighted by molar-refractivity contribution is -0.133. The molecule has 2 atom stereocenters. The van der Waals surface area contributed by atoms with Gasteiger partial charge in [-0.1, -0.05) is 7.43 Å². The van der Waals surface area contributed by atoms with Gasteiger partial charge >= 0.3 is 0 Å². The van der Waals surface area contributed by atoms with Gasteiger partial charge in [0.05, 0.1) is 13.4 Å². The fraction of sp³-hybridized carbons (Fsp3) is 0.550.